The minimum atomic E-state index is -0.338. The Bertz CT molecular complexity index is 185. The fraction of sp³-hybridized carbons (Fsp3) is 0.571. The van der Waals surface area contributed by atoms with Gasteiger partial charge in [-0.05, 0) is 30.6 Å². The Morgan fingerprint density at radius 2 is 2.36 bits per heavy atom. The van der Waals surface area contributed by atoms with Gasteiger partial charge in [-0.25, -0.2) is 4.79 Å². The highest BCUT2D eigenvalue weighted by molar-refractivity contribution is 7.78. The van der Waals surface area contributed by atoms with Gasteiger partial charge in [-0.3, -0.25) is 0 Å². The molecule has 0 N–H and O–H groups in total. The summed E-state index contributed by atoms with van der Waals surface area (Å²) in [5, 5.41) is 2.33. The van der Waals surface area contributed by atoms with E-state index in [1.165, 1.54) is 0 Å². The summed E-state index contributed by atoms with van der Waals surface area (Å²) in [5.41, 5.74) is 0.383. The Kier molecular flexibility index (Phi) is 6.03. The van der Waals surface area contributed by atoms with Gasteiger partial charge in [-0.2, -0.15) is 0 Å². The number of carbonyl (C=O) groups excluding carboxylic acids is 1. The van der Waals surface area contributed by atoms with E-state index in [0.717, 1.165) is 22.7 Å². The van der Waals surface area contributed by atoms with Crippen LogP contribution in [-0.4, -0.2) is 27.8 Å². The van der Waals surface area contributed by atoms with E-state index in [-0.39, 0.29) is 5.97 Å². The van der Waals surface area contributed by atoms with Crippen LogP contribution in [0.5, 0.6) is 0 Å². The van der Waals surface area contributed by atoms with Gasteiger partial charge in [0.15, 0.2) is 0 Å². The summed E-state index contributed by atoms with van der Waals surface area (Å²) < 4.78 is 4.85. The lowest BCUT2D eigenvalue weighted by Gasteiger charge is -2.00. The Labute approximate surface area is 75.0 Å². The van der Waals surface area contributed by atoms with E-state index >= 15 is 0 Å². The molecule has 0 aliphatic heterocycles. The quantitative estimate of drug-likeness (QED) is 0.208. The zero-order valence-corrected chi connectivity index (χ0v) is 9.66. The van der Waals surface area contributed by atoms with E-state index in [1.54, 1.807) is 6.92 Å². The molecule has 0 aliphatic rings. The lowest BCUT2D eigenvalue weighted by Crippen LogP contribution is -2.06. The number of hydrogen-bond acceptors (Lipinski definition) is 3. The number of rotatable bonds is 4. The number of carbonyl (C=O) groups is 1. The first-order valence-electron chi connectivity index (χ1n) is 3.61. The highest BCUT2D eigenvalue weighted by Crippen LogP contribution is 1.93. The van der Waals surface area contributed by atoms with Crippen molar-refractivity contribution in [3.8, 4) is 0 Å². The molecule has 0 spiro atoms. The monoisotopic (exact) mass is 188 g/mol. The zero-order valence-electron chi connectivity index (χ0n) is 6.85. The van der Waals surface area contributed by atoms with E-state index in [2.05, 4.69) is 17.2 Å². The molecule has 0 heterocycles. The molecule has 0 bridgehead atoms. The number of thiocarbonyl (C=S) groups is 1. The SMILES string of the molecule is CC(=C=S)C(=O)OCCC[SiH3]. The van der Waals surface area contributed by atoms with Gasteiger partial charge in [0, 0.05) is 10.2 Å². The number of esters is 1. The van der Waals surface area contributed by atoms with Crippen LogP contribution in [0.1, 0.15) is 13.3 Å². The van der Waals surface area contributed by atoms with Crippen molar-refractivity contribution in [3.05, 3.63) is 5.57 Å². The predicted molar refractivity (Wildman–Crippen MR) is 52.1 cm³/mol. The van der Waals surface area contributed by atoms with Crippen molar-refractivity contribution in [1.29, 1.82) is 0 Å². The van der Waals surface area contributed by atoms with Crippen LogP contribution < -0.4 is 0 Å². The smallest absolute Gasteiger partial charge is 0.342 e. The molecule has 0 saturated carbocycles. The molecule has 62 valence electrons. The molecule has 0 aromatic rings. The molecule has 0 aliphatic carbocycles. The molecule has 11 heavy (non-hydrogen) atoms. The van der Waals surface area contributed by atoms with E-state index in [1.807, 2.05) is 0 Å². The molecule has 0 radical (unpaired) electrons. The molecular formula is C7H12O2SSi. The molecule has 0 aromatic heterocycles. The summed E-state index contributed by atoms with van der Waals surface area (Å²) >= 11 is 4.45. The average Bonchev–Trinajstić information content (AvgIpc) is 2.03. The Morgan fingerprint density at radius 1 is 1.73 bits per heavy atom. The molecule has 0 unspecified atom stereocenters. The van der Waals surface area contributed by atoms with Crippen molar-refractivity contribution in [2.75, 3.05) is 6.61 Å². The fourth-order valence-electron chi connectivity index (χ4n) is 0.459. The summed E-state index contributed by atoms with van der Waals surface area (Å²) in [5.74, 6) is -0.338. The Hall–Kier alpha value is -0.443. The molecular weight excluding hydrogens is 176 g/mol. The third-order valence-electron chi connectivity index (χ3n) is 1.19. The molecule has 0 amide bonds. The fourth-order valence-corrected chi connectivity index (χ4v) is 0.831. The first-order valence-corrected chi connectivity index (χ1v) is 5.43. The first kappa shape index (κ1) is 10.6. The minimum absolute atomic E-state index is 0.338. The van der Waals surface area contributed by atoms with Crippen LogP contribution in [0, 0.1) is 0 Å². The van der Waals surface area contributed by atoms with Gasteiger partial charge in [0.1, 0.15) is 0 Å². The third kappa shape index (κ3) is 4.90. The van der Waals surface area contributed by atoms with E-state index in [0.29, 0.717) is 12.2 Å². The van der Waals surface area contributed by atoms with Crippen molar-refractivity contribution in [3.63, 3.8) is 0 Å². The Morgan fingerprint density at radius 3 is 2.82 bits per heavy atom. The number of hydrogen-bond donors (Lipinski definition) is 0. The lowest BCUT2D eigenvalue weighted by atomic mass is 10.4. The maximum atomic E-state index is 10.9. The van der Waals surface area contributed by atoms with Gasteiger partial charge in [0.2, 0.25) is 0 Å². The molecule has 4 heteroatoms. The lowest BCUT2D eigenvalue weighted by molar-refractivity contribution is -0.138. The van der Waals surface area contributed by atoms with Crippen LogP contribution in [0.25, 0.3) is 0 Å². The standard InChI is InChI=1S/C7H12O2SSi/c1-6(5-10)7(8)9-3-2-4-11/h2-4H2,1,11H3. The zero-order chi connectivity index (χ0) is 8.69. The second-order valence-corrected chi connectivity index (χ2v) is 3.42. The van der Waals surface area contributed by atoms with Gasteiger partial charge in [-0.1, -0.05) is 6.04 Å². The molecule has 0 aromatic carbocycles. The maximum absolute atomic E-state index is 10.9. The van der Waals surface area contributed by atoms with Gasteiger partial charge in [0.05, 0.1) is 12.2 Å². The van der Waals surface area contributed by atoms with Gasteiger partial charge in [-0.15, -0.1) is 0 Å². The summed E-state index contributed by atoms with van der Waals surface area (Å²) in [6.45, 7) is 2.12. The van der Waals surface area contributed by atoms with Gasteiger partial charge < -0.3 is 4.74 Å². The Balaban J connectivity index is 3.62. The van der Waals surface area contributed by atoms with Crippen LogP contribution >= 0.6 is 12.2 Å². The second kappa shape index (κ2) is 6.28. The molecule has 0 fully saturated rings. The van der Waals surface area contributed by atoms with Crippen LogP contribution in [-0.2, 0) is 9.53 Å². The van der Waals surface area contributed by atoms with E-state index < -0.39 is 0 Å². The molecule has 0 saturated heterocycles. The van der Waals surface area contributed by atoms with Crippen molar-refractivity contribution < 1.29 is 9.53 Å². The highest BCUT2D eigenvalue weighted by Gasteiger charge is 2.03. The van der Waals surface area contributed by atoms with Crippen LogP contribution in [0.3, 0.4) is 0 Å². The maximum Gasteiger partial charge on any atom is 0.342 e. The van der Waals surface area contributed by atoms with E-state index in [4.69, 9.17) is 4.74 Å². The average molecular weight is 188 g/mol. The van der Waals surface area contributed by atoms with Gasteiger partial charge >= 0.3 is 5.97 Å². The normalized spacial score (nSPS) is 8.82. The molecule has 2 nitrogen and oxygen atoms in total. The van der Waals surface area contributed by atoms with Crippen LogP contribution in [0.15, 0.2) is 5.57 Å². The second-order valence-electron chi connectivity index (χ2n) is 2.22. The van der Waals surface area contributed by atoms with Crippen LogP contribution in [0.2, 0.25) is 6.04 Å². The minimum Gasteiger partial charge on any atom is -0.462 e. The highest BCUT2D eigenvalue weighted by atomic mass is 32.1. The summed E-state index contributed by atoms with van der Waals surface area (Å²) in [4.78, 5) is 10.9. The van der Waals surface area contributed by atoms with Crippen LogP contribution in [0.4, 0.5) is 0 Å². The van der Waals surface area contributed by atoms with Crippen molar-refractivity contribution in [2.24, 2.45) is 0 Å². The summed E-state index contributed by atoms with van der Waals surface area (Å²) in [6, 6.07) is 1.16. The predicted octanol–water partition coefficient (Wildman–Crippen LogP) is 0.248. The third-order valence-corrected chi connectivity index (χ3v) is 2.20. The van der Waals surface area contributed by atoms with Crippen molar-refractivity contribution >= 4 is 33.5 Å². The summed E-state index contributed by atoms with van der Waals surface area (Å²) in [7, 11) is 1.16. The van der Waals surface area contributed by atoms with E-state index in [9.17, 15) is 4.79 Å². The number of ether oxygens (including phenoxy) is 1. The molecule has 0 rings (SSSR count). The van der Waals surface area contributed by atoms with Crippen molar-refractivity contribution in [2.45, 2.75) is 19.4 Å². The largest absolute Gasteiger partial charge is 0.462 e. The molecule has 0 atom stereocenters. The van der Waals surface area contributed by atoms with Gasteiger partial charge in [0.25, 0.3) is 0 Å². The summed E-state index contributed by atoms with van der Waals surface area (Å²) in [6.07, 6.45) is 0.961. The topological polar surface area (TPSA) is 26.3 Å². The van der Waals surface area contributed by atoms with Crippen molar-refractivity contribution in [1.82, 2.24) is 0 Å². The first-order chi connectivity index (χ1) is 5.22.